The van der Waals surface area contributed by atoms with Crippen molar-refractivity contribution in [1.29, 1.82) is 0 Å². The van der Waals surface area contributed by atoms with E-state index in [1.54, 1.807) is 11.1 Å². The second kappa shape index (κ2) is 3.44. The van der Waals surface area contributed by atoms with Crippen molar-refractivity contribution in [2.45, 2.75) is 26.2 Å². The summed E-state index contributed by atoms with van der Waals surface area (Å²) >= 11 is 0. The lowest BCUT2D eigenvalue weighted by atomic mass is 9.92. The minimum Gasteiger partial charge on any atom is -0.299 e. The Labute approximate surface area is 74.8 Å². The monoisotopic (exact) mass is 163 g/mol. The zero-order valence-electron chi connectivity index (χ0n) is 7.84. The fourth-order valence-electron chi connectivity index (χ4n) is 2.10. The molecule has 0 saturated heterocycles. The van der Waals surface area contributed by atoms with Crippen LogP contribution in [0.25, 0.3) is 0 Å². The lowest BCUT2D eigenvalue weighted by Crippen LogP contribution is -2.31. The molecule has 1 aliphatic carbocycles. The van der Waals surface area contributed by atoms with Crippen molar-refractivity contribution in [3.8, 4) is 0 Å². The van der Waals surface area contributed by atoms with E-state index in [1.165, 1.54) is 38.9 Å². The van der Waals surface area contributed by atoms with E-state index < -0.39 is 0 Å². The van der Waals surface area contributed by atoms with Crippen LogP contribution < -0.4 is 0 Å². The van der Waals surface area contributed by atoms with Crippen LogP contribution in [0.4, 0.5) is 0 Å². The van der Waals surface area contributed by atoms with Crippen LogP contribution in [0.1, 0.15) is 26.2 Å². The molecule has 0 aromatic rings. The molecule has 12 heavy (non-hydrogen) atoms. The fourth-order valence-corrected chi connectivity index (χ4v) is 2.10. The van der Waals surface area contributed by atoms with Crippen molar-refractivity contribution < 1.29 is 0 Å². The van der Waals surface area contributed by atoms with Crippen molar-refractivity contribution in [1.82, 2.24) is 4.90 Å². The van der Waals surface area contributed by atoms with Gasteiger partial charge in [-0.3, -0.25) is 4.90 Å². The molecular weight excluding hydrogens is 146 g/mol. The van der Waals surface area contributed by atoms with Gasteiger partial charge in [0.05, 0.1) is 0 Å². The molecule has 0 spiro atoms. The third kappa shape index (κ3) is 1.46. The second-order valence-corrected chi connectivity index (χ2v) is 3.69. The molecule has 1 nitrogen and oxygen atoms in total. The van der Waals surface area contributed by atoms with E-state index in [9.17, 15) is 0 Å². The molecular formula is C11H17N. The highest BCUT2D eigenvalue weighted by Gasteiger charge is 2.16. The largest absolute Gasteiger partial charge is 0.299 e. The summed E-state index contributed by atoms with van der Waals surface area (Å²) in [7, 11) is 0. The summed E-state index contributed by atoms with van der Waals surface area (Å²) < 4.78 is 0. The van der Waals surface area contributed by atoms with Gasteiger partial charge in [-0.05, 0) is 31.4 Å². The Bertz CT molecular complexity index is 225. The van der Waals surface area contributed by atoms with Crippen molar-refractivity contribution in [3.05, 3.63) is 23.3 Å². The molecule has 0 N–H and O–H groups in total. The molecule has 2 rings (SSSR count). The van der Waals surface area contributed by atoms with Crippen LogP contribution in [0.3, 0.4) is 0 Å². The predicted molar refractivity (Wildman–Crippen MR) is 52.1 cm³/mol. The van der Waals surface area contributed by atoms with E-state index in [0.29, 0.717) is 0 Å². The van der Waals surface area contributed by atoms with E-state index in [-0.39, 0.29) is 0 Å². The highest BCUT2D eigenvalue weighted by molar-refractivity contribution is 5.32. The maximum absolute atomic E-state index is 2.54. The van der Waals surface area contributed by atoms with Gasteiger partial charge in [0.1, 0.15) is 0 Å². The molecule has 0 fully saturated rings. The quantitative estimate of drug-likeness (QED) is 0.573. The lowest BCUT2D eigenvalue weighted by Gasteiger charge is -2.30. The van der Waals surface area contributed by atoms with Crippen LogP contribution in [-0.2, 0) is 0 Å². The standard InChI is InChI=1S/C11H17N/c1-2-12-8-7-10-5-3-4-6-11(10)9-12/h3,5H,2,4,6-9H2,1H3. The number of rotatable bonds is 1. The Morgan fingerprint density at radius 1 is 1.42 bits per heavy atom. The summed E-state index contributed by atoms with van der Waals surface area (Å²) in [6, 6.07) is 0. The summed E-state index contributed by atoms with van der Waals surface area (Å²) in [5.74, 6) is 0. The van der Waals surface area contributed by atoms with Crippen LogP contribution in [-0.4, -0.2) is 24.5 Å². The van der Waals surface area contributed by atoms with Gasteiger partial charge >= 0.3 is 0 Å². The number of hydrogen-bond acceptors (Lipinski definition) is 1. The first-order valence-electron chi connectivity index (χ1n) is 5.00. The van der Waals surface area contributed by atoms with Crippen molar-refractivity contribution >= 4 is 0 Å². The summed E-state index contributed by atoms with van der Waals surface area (Å²) in [6.07, 6.45) is 8.50. The molecule has 0 atom stereocenters. The first kappa shape index (κ1) is 8.06. The highest BCUT2D eigenvalue weighted by Crippen LogP contribution is 2.26. The van der Waals surface area contributed by atoms with E-state index >= 15 is 0 Å². The average Bonchev–Trinajstić information content (AvgIpc) is 2.17. The number of hydrogen-bond donors (Lipinski definition) is 0. The van der Waals surface area contributed by atoms with Gasteiger partial charge in [-0.2, -0.15) is 0 Å². The van der Waals surface area contributed by atoms with Gasteiger partial charge < -0.3 is 0 Å². The predicted octanol–water partition coefficient (Wildman–Crippen LogP) is 2.36. The zero-order chi connectivity index (χ0) is 8.39. The van der Waals surface area contributed by atoms with Gasteiger partial charge in [-0.1, -0.05) is 24.6 Å². The molecule has 0 aromatic heterocycles. The van der Waals surface area contributed by atoms with Gasteiger partial charge in [0, 0.05) is 13.1 Å². The molecule has 2 aliphatic rings. The molecule has 0 amide bonds. The molecule has 1 heterocycles. The molecule has 66 valence electrons. The summed E-state index contributed by atoms with van der Waals surface area (Å²) in [6.45, 7) is 5.96. The molecule has 0 radical (unpaired) electrons. The maximum Gasteiger partial charge on any atom is 0.0198 e. The maximum atomic E-state index is 2.54. The molecule has 0 saturated carbocycles. The average molecular weight is 163 g/mol. The normalized spacial score (nSPS) is 24.4. The van der Waals surface area contributed by atoms with E-state index in [1.807, 2.05) is 0 Å². The second-order valence-electron chi connectivity index (χ2n) is 3.69. The minimum atomic E-state index is 1.21. The minimum absolute atomic E-state index is 1.21. The van der Waals surface area contributed by atoms with E-state index in [2.05, 4.69) is 24.0 Å². The van der Waals surface area contributed by atoms with Crippen LogP contribution in [0.5, 0.6) is 0 Å². The van der Waals surface area contributed by atoms with Gasteiger partial charge in [0.25, 0.3) is 0 Å². The van der Waals surface area contributed by atoms with Crippen molar-refractivity contribution in [2.24, 2.45) is 0 Å². The third-order valence-corrected chi connectivity index (χ3v) is 2.94. The Hall–Kier alpha value is -0.560. The van der Waals surface area contributed by atoms with Crippen LogP contribution in [0.2, 0.25) is 0 Å². The lowest BCUT2D eigenvalue weighted by molar-refractivity contribution is 0.298. The number of allylic oxidation sites excluding steroid dienone is 2. The first-order chi connectivity index (χ1) is 5.90. The molecule has 0 bridgehead atoms. The fraction of sp³-hybridized carbons (Fsp3) is 0.636. The number of likely N-dealkylation sites (N-methyl/N-ethyl adjacent to an activating group) is 1. The molecule has 1 aliphatic heterocycles. The Kier molecular flexibility index (Phi) is 2.31. The summed E-state index contributed by atoms with van der Waals surface area (Å²) in [4.78, 5) is 2.54. The molecule has 0 unspecified atom stereocenters. The molecule has 0 aromatic carbocycles. The highest BCUT2D eigenvalue weighted by atomic mass is 15.1. The zero-order valence-corrected chi connectivity index (χ0v) is 7.84. The van der Waals surface area contributed by atoms with E-state index in [0.717, 1.165) is 0 Å². The Morgan fingerprint density at radius 3 is 3.17 bits per heavy atom. The van der Waals surface area contributed by atoms with Crippen LogP contribution in [0, 0.1) is 0 Å². The third-order valence-electron chi connectivity index (χ3n) is 2.94. The van der Waals surface area contributed by atoms with Gasteiger partial charge in [-0.15, -0.1) is 0 Å². The van der Waals surface area contributed by atoms with E-state index in [4.69, 9.17) is 0 Å². The SMILES string of the molecule is CCN1CCC2=C(CCC=C2)C1. The summed E-state index contributed by atoms with van der Waals surface area (Å²) in [5, 5.41) is 0. The van der Waals surface area contributed by atoms with Gasteiger partial charge in [0.2, 0.25) is 0 Å². The smallest absolute Gasteiger partial charge is 0.0198 e. The Balaban J connectivity index is 2.11. The first-order valence-corrected chi connectivity index (χ1v) is 5.00. The van der Waals surface area contributed by atoms with Crippen molar-refractivity contribution in [3.63, 3.8) is 0 Å². The van der Waals surface area contributed by atoms with Crippen LogP contribution in [0.15, 0.2) is 23.3 Å². The summed E-state index contributed by atoms with van der Waals surface area (Å²) in [5.41, 5.74) is 3.33. The van der Waals surface area contributed by atoms with Crippen LogP contribution >= 0.6 is 0 Å². The number of nitrogens with zero attached hydrogens (tertiary/aromatic N) is 1. The topological polar surface area (TPSA) is 3.24 Å². The Morgan fingerprint density at radius 2 is 2.33 bits per heavy atom. The van der Waals surface area contributed by atoms with Gasteiger partial charge in [-0.25, -0.2) is 0 Å². The molecule has 1 heteroatoms. The van der Waals surface area contributed by atoms with Gasteiger partial charge in [0.15, 0.2) is 0 Å². The van der Waals surface area contributed by atoms with Crippen molar-refractivity contribution in [2.75, 3.05) is 19.6 Å².